The third kappa shape index (κ3) is 2.36. The van der Waals surface area contributed by atoms with Gasteiger partial charge in [-0.1, -0.05) is 0 Å². The Morgan fingerprint density at radius 2 is 1.83 bits per heavy atom. The maximum Gasteiger partial charge on any atom is 0.340 e. The van der Waals surface area contributed by atoms with Crippen molar-refractivity contribution in [2.24, 2.45) is 0 Å². The molecule has 5 nitrogen and oxygen atoms in total. The average Bonchev–Trinajstić information content (AvgIpc) is 2.34. The molecule has 0 heterocycles. The van der Waals surface area contributed by atoms with Gasteiger partial charge in [0.1, 0.15) is 5.75 Å². The average molecular weight is 252 g/mol. The van der Waals surface area contributed by atoms with E-state index in [2.05, 4.69) is 4.74 Å². The molecule has 1 aromatic carbocycles. The van der Waals surface area contributed by atoms with E-state index >= 15 is 0 Å². The summed E-state index contributed by atoms with van der Waals surface area (Å²) in [6.07, 6.45) is 0.532. The molecule has 0 saturated carbocycles. The highest BCUT2D eigenvalue weighted by atomic mass is 16.7. The second-order valence-electron chi connectivity index (χ2n) is 3.97. The van der Waals surface area contributed by atoms with Crippen molar-refractivity contribution in [3.05, 3.63) is 27.8 Å². The summed E-state index contributed by atoms with van der Waals surface area (Å²) in [7, 11) is 1.41. The maximum atomic E-state index is 11.9. The van der Waals surface area contributed by atoms with E-state index < -0.39 is 5.97 Å². The van der Waals surface area contributed by atoms with Crippen molar-refractivity contribution in [3.63, 3.8) is 0 Å². The molecule has 0 aliphatic rings. The summed E-state index contributed by atoms with van der Waals surface area (Å²) in [5.41, 5.74) is 1.90. The molecule has 0 aromatic heterocycles. The zero-order chi connectivity index (χ0) is 13.9. The van der Waals surface area contributed by atoms with Crippen LogP contribution >= 0.6 is 0 Å². The second-order valence-corrected chi connectivity index (χ2v) is 3.97. The molecule has 0 bridgehead atoms. The van der Waals surface area contributed by atoms with Crippen LogP contribution in [-0.2, 0) is 9.47 Å². The molecule has 0 aliphatic carbocycles. The van der Waals surface area contributed by atoms with Gasteiger partial charge >= 0.3 is 5.97 Å². The minimum absolute atomic E-state index is 0.0942. The van der Waals surface area contributed by atoms with E-state index in [4.69, 9.17) is 4.74 Å². The van der Waals surface area contributed by atoms with Crippen LogP contribution in [0.2, 0.25) is 0 Å². The lowest BCUT2D eigenvalue weighted by atomic mass is 9.93. The van der Waals surface area contributed by atoms with Crippen LogP contribution in [0, 0.1) is 20.8 Å². The SMILES string of the molecule is COCOC(=O)c1c(C)c(C)c(O)c(C=O)c1C. The van der Waals surface area contributed by atoms with Gasteiger partial charge in [0.15, 0.2) is 13.1 Å². The Morgan fingerprint density at radius 1 is 1.22 bits per heavy atom. The van der Waals surface area contributed by atoms with Gasteiger partial charge in [0.25, 0.3) is 0 Å². The molecule has 0 saturated heterocycles. The number of phenols is 1. The molecule has 18 heavy (non-hydrogen) atoms. The van der Waals surface area contributed by atoms with Gasteiger partial charge in [0, 0.05) is 7.11 Å². The van der Waals surface area contributed by atoms with E-state index in [9.17, 15) is 14.7 Å². The molecule has 98 valence electrons. The van der Waals surface area contributed by atoms with E-state index in [1.54, 1.807) is 20.8 Å². The number of hydrogen-bond acceptors (Lipinski definition) is 5. The number of carbonyl (C=O) groups is 2. The van der Waals surface area contributed by atoms with Gasteiger partial charge in [0.05, 0.1) is 11.1 Å². The topological polar surface area (TPSA) is 72.8 Å². The molecule has 0 radical (unpaired) electrons. The van der Waals surface area contributed by atoms with Crippen molar-refractivity contribution >= 4 is 12.3 Å². The number of benzene rings is 1. The lowest BCUT2D eigenvalue weighted by Gasteiger charge is -2.15. The largest absolute Gasteiger partial charge is 0.507 e. The highest BCUT2D eigenvalue weighted by Crippen LogP contribution is 2.31. The molecular formula is C13H16O5. The minimum atomic E-state index is -0.571. The van der Waals surface area contributed by atoms with E-state index in [1.165, 1.54) is 7.11 Å². The van der Waals surface area contributed by atoms with Crippen molar-refractivity contribution in [1.82, 2.24) is 0 Å². The van der Waals surface area contributed by atoms with Gasteiger partial charge in [-0.2, -0.15) is 0 Å². The van der Waals surface area contributed by atoms with E-state index in [1.807, 2.05) is 0 Å². The van der Waals surface area contributed by atoms with Crippen molar-refractivity contribution < 1.29 is 24.2 Å². The lowest BCUT2D eigenvalue weighted by Crippen LogP contribution is -2.13. The number of hydrogen-bond donors (Lipinski definition) is 1. The number of esters is 1. The summed E-state index contributed by atoms with van der Waals surface area (Å²) in [6, 6.07) is 0. The van der Waals surface area contributed by atoms with Crippen LogP contribution in [0.15, 0.2) is 0 Å². The summed E-state index contributed by atoms with van der Waals surface area (Å²) >= 11 is 0. The number of methoxy groups -OCH3 is 1. The van der Waals surface area contributed by atoms with Gasteiger partial charge in [-0.3, -0.25) is 4.79 Å². The van der Waals surface area contributed by atoms with Crippen molar-refractivity contribution in [2.75, 3.05) is 13.9 Å². The molecule has 1 rings (SSSR count). The number of ether oxygens (including phenoxy) is 2. The number of aromatic hydroxyl groups is 1. The second kappa shape index (κ2) is 5.64. The Balaban J connectivity index is 3.39. The Labute approximate surface area is 105 Å². The minimum Gasteiger partial charge on any atom is -0.507 e. The highest BCUT2D eigenvalue weighted by molar-refractivity contribution is 5.97. The molecule has 0 amide bonds. The monoisotopic (exact) mass is 252 g/mol. The van der Waals surface area contributed by atoms with Gasteiger partial charge in [-0.25, -0.2) is 4.79 Å². The summed E-state index contributed by atoms with van der Waals surface area (Å²) in [5, 5.41) is 9.83. The fourth-order valence-electron chi connectivity index (χ4n) is 1.80. The standard InChI is InChI=1S/C13H16O5/c1-7-8(2)12(15)10(5-14)9(3)11(7)13(16)18-6-17-4/h5,15H,6H2,1-4H3. The summed E-state index contributed by atoms with van der Waals surface area (Å²) in [5.74, 6) is -0.665. The molecule has 0 spiro atoms. The zero-order valence-electron chi connectivity index (χ0n) is 10.9. The molecule has 5 heteroatoms. The van der Waals surface area contributed by atoms with Gasteiger partial charge < -0.3 is 14.6 Å². The summed E-state index contributed by atoms with van der Waals surface area (Å²) in [4.78, 5) is 22.8. The first-order valence-electron chi connectivity index (χ1n) is 5.39. The van der Waals surface area contributed by atoms with Crippen molar-refractivity contribution in [3.8, 4) is 5.75 Å². The van der Waals surface area contributed by atoms with Crippen LogP contribution in [-0.4, -0.2) is 31.3 Å². The van der Waals surface area contributed by atoms with Crippen LogP contribution < -0.4 is 0 Å². The smallest absolute Gasteiger partial charge is 0.340 e. The predicted octanol–water partition coefficient (Wildman–Crippen LogP) is 1.89. The van der Waals surface area contributed by atoms with Crippen molar-refractivity contribution in [2.45, 2.75) is 20.8 Å². The molecule has 1 N–H and O–H groups in total. The van der Waals surface area contributed by atoms with Crippen LogP contribution in [0.5, 0.6) is 5.75 Å². The van der Waals surface area contributed by atoms with Crippen LogP contribution in [0.4, 0.5) is 0 Å². The number of carbonyl (C=O) groups excluding carboxylic acids is 2. The lowest BCUT2D eigenvalue weighted by molar-refractivity contribution is -0.0126. The maximum absolute atomic E-state index is 11.9. The van der Waals surface area contributed by atoms with E-state index in [-0.39, 0.29) is 18.1 Å². The Morgan fingerprint density at radius 3 is 2.33 bits per heavy atom. The van der Waals surface area contributed by atoms with Crippen molar-refractivity contribution in [1.29, 1.82) is 0 Å². The third-order valence-electron chi connectivity index (χ3n) is 2.96. The molecule has 0 aliphatic heterocycles. The fourth-order valence-corrected chi connectivity index (χ4v) is 1.80. The normalized spacial score (nSPS) is 10.2. The molecular weight excluding hydrogens is 236 g/mol. The van der Waals surface area contributed by atoms with Crippen LogP contribution in [0.3, 0.4) is 0 Å². The van der Waals surface area contributed by atoms with Gasteiger partial charge in [-0.15, -0.1) is 0 Å². The molecule has 0 atom stereocenters. The van der Waals surface area contributed by atoms with Crippen LogP contribution in [0.1, 0.15) is 37.4 Å². The first-order chi connectivity index (χ1) is 8.45. The number of phenolic OH excluding ortho intramolecular Hbond substituents is 1. The Kier molecular flexibility index (Phi) is 4.44. The van der Waals surface area contributed by atoms with E-state index in [0.29, 0.717) is 28.5 Å². The quantitative estimate of drug-likeness (QED) is 0.503. The molecule has 0 unspecified atom stereocenters. The first-order valence-corrected chi connectivity index (χ1v) is 5.39. The van der Waals surface area contributed by atoms with Gasteiger partial charge in [0.2, 0.25) is 0 Å². The van der Waals surface area contributed by atoms with Gasteiger partial charge in [-0.05, 0) is 37.5 Å². The molecule has 0 fully saturated rings. The summed E-state index contributed by atoms with van der Waals surface area (Å²) < 4.78 is 9.54. The fraction of sp³-hybridized carbons (Fsp3) is 0.385. The first kappa shape index (κ1) is 14.2. The number of aldehydes is 1. The zero-order valence-corrected chi connectivity index (χ0v) is 10.9. The van der Waals surface area contributed by atoms with Crippen LogP contribution in [0.25, 0.3) is 0 Å². The third-order valence-corrected chi connectivity index (χ3v) is 2.96. The molecule has 1 aromatic rings. The predicted molar refractivity (Wildman–Crippen MR) is 65.0 cm³/mol. The van der Waals surface area contributed by atoms with E-state index in [0.717, 1.165) is 0 Å². The Bertz CT molecular complexity index is 491. The summed E-state index contributed by atoms with van der Waals surface area (Å²) in [6.45, 7) is 4.78. The highest BCUT2D eigenvalue weighted by Gasteiger charge is 2.22. The number of rotatable bonds is 4. The Hall–Kier alpha value is -1.88.